The molecule has 0 aliphatic heterocycles. The maximum atomic E-state index is 6.28. The van der Waals surface area contributed by atoms with E-state index in [9.17, 15) is 0 Å². The lowest BCUT2D eigenvalue weighted by Gasteiger charge is -2.24. The van der Waals surface area contributed by atoms with Crippen LogP contribution < -0.4 is 5.32 Å². The number of thiophene rings is 1. The van der Waals surface area contributed by atoms with Crippen molar-refractivity contribution in [2.75, 3.05) is 26.0 Å². The summed E-state index contributed by atoms with van der Waals surface area (Å²) in [6.45, 7) is 0.787. The van der Waals surface area contributed by atoms with Crippen LogP contribution in [0.1, 0.15) is 10.9 Å². The van der Waals surface area contributed by atoms with E-state index in [2.05, 4.69) is 52.9 Å². The highest BCUT2D eigenvalue weighted by molar-refractivity contribution is 7.10. The Hall–Kier alpha value is -1.62. The van der Waals surface area contributed by atoms with Gasteiger partial charge in [0.25, 0.3) is 0 Å². The van der Waals surface area contributed by atoms with Gasteiger partial charge in [0.05, 0.1) is 6.04 Å². The predicted molar refractivity (Wildman–Crippen MR) is 96.0 cm³/mol. The van der Waals surface area contributed by atoms with Gasteiger partial charge in [0.2, 0.25) is 0 Å². The van der Waals surface area contributed by atoms with Crippen LogP contribution in [0.15, 0.2) is 47.8 Å². The van der Waals surface area contributed by atoms with E-state index in [1.165, 1.54) is 4.88 Å². The van der Waals surface area contributed by atoms with Crippen molar-refractivity contribution < 1.29 is 0 Å². The lowest BCUT2D eigenvalue weighted by atomic mass is 10.2. The summed E-state index contributed by atoms with van der Waals surface area (Å²) in [5, 5.41) is 8.15. The normalized spacial score (nSPS) is 12.7. The number of fused-ring (bicyclic) bond motifs is 1. The van der Waals surface area contributed by atoms with E-state index in [0.717, 1.165) is 23.1 Å². The maximum absolute atomic E-state index is 6.28. The number of nitrogens with one attached hydrogen (secondary N) is 1. The van der Waals surface area contributed by atoms with E-state index >= 15 is 0 Å². The fourth-order valence-corrected chi connectivity index (χ4v) is 3.65. The first kappa shape index (κ1) is 15.3. The molecule has 0 amide bonds. The summed E-state index contributed by atoms with van der Waals surface area (Å²) in [4.78, 5) is 8.00. The third-order valence-corrected chi connectivity index (χ3v) is 4.93. The lowest BCUT2D eigenvalue weighted by molar-refractivity contribution is 0.316. The molecule has 0 spiro atoms. The van der Waals surface area contributed by atoms with Gasteiger partial charge in [-0.05, 0) is 37.0 Å². The fourth-order valence-electron chi connectivity index (χ4n) is 2.47. The van der Waals surface area contributed by atoms with E-state index in [1.54, 1.807) is 11.3 Å². The van der Waals surface area contributed by atoms with Crippen LogP contribution >= 0.6 is 22.9 Å². The molecule has 0 aliphatic rings. The highest BCUT2D eigenvalue weighted by atomic mass is 35.5. The van der Waals surface area contributed by atoms with Gasteiger partial charge in [-0.1, -0.05) is 41.9 Å². The molecule has 0 bridgehead atoms. The molecule has 3 rings (SSSR count). The van der Waals surface area contributed by atoms with Crippen LogP contribution in [0.25, 0.3) is 10.8 Å². The molecule has 1 aromatic carbocycles. The highest BCUT2D eigenvalue weighted by Crippen LogP contribution is 2.26. The Morgan fingerprint density at radius 1 is 1.23 bits per heavy atom. The molecule has 22 heavy (non-hydrogen) atoms. The van der Waals surface area contributed by atoms with Crippen molar-refractivity contribution in [2.45, 2.75) is 6.04 Å². The number of benzene rings is 1. The Labute approximate surface area is 139 Å². The summed E-state index contributed by atoms with van der Waals surface area (Å²) < 4.78 is 0. The first-order chi connectivity index (χ1) is 10.6. The number of aromatic nitrogens is 1. The fraction of sp³-hybridized carbons (Fsp3) is 0.235. The zero-order valence-corrected chi connectivity index (χ0v) is 14.2. The second kappa shape index (κ2) is 6.65. The molecule has 3 nitrogen and oxygen atoms in total. The third kappa shape index (κ3) is 3.24. The van der Waals surface area contributed by atoms with Crippen LogP contribution in [-0.2, 0) is 0 Å². The summed E-state index contributed by atoms with van der Waals surface area (Å²) in [7, 11) is 4.18. The van der Waals surface area contributed by atoms with Crippen molar-refractivity contribution in [3.8, 4) is 0 Å². The summed E-state index contributed by atoms with van der Waals surface area (Å²) in [5.74, 6) is 0.812. The second-order valence-electron chi connectivity index (χ2n) is 5.40. The molecular formula is C17H18ClN3S. The van der Waals surface area contributed by atoms with Gasteiger partial charge in [-0.25, -0.2) is 4.98 Å². The number of nitrogens with zero attached hydrogens (tertiary/aromatic N) is 2. The monoisotopic (exact) mass is 331 g/mol. The van der Waals surface area contributed by atoms with Crippen molar-refractivity contribution in [1.82, 2.24) is 9.88 Å². The molecule has 0 saturated carbocycles. The van der Waals surface area contributed by atoms with Crippen LogP contribution in [0.4, 0.5) is 5.82 Å². The van der Waals surface area contributed by atoms with Crippen LogP contribution in [0.2, 0.25) is 5.15 Å². The largest absolute Gasteiger partial charge is 0.368 e. The van der Waals surface area contributed by atoms with Crippen LogP contribution in [-0.4, -0.2) is 30.5 Å². The molecule has 114 valence electrons. The minimum Gasteiger partial charge on any atom is -0.368 e. The van der Waals surface area contributed by atoms with Gasteiger partial charge in [-0.15, -0.1) is 11.3 Å². The Morgan fingerprint density at radius 2 is 2.05 bits per heavy atom. The summed E-state index contributed by atoms with van der Waals surface area (Å²) >= 11 is 8.05. The molecular weight excluding hydrogens is 314 g/mol. The third-order valence-electron chi connectivity index (χ3n) is 3.67. The van der Waals surface area contributed by atoms with E-state index < -0.39 is 0 Å². The lowest BCUT2D eigenvalue weighted by Crippen LogP contribution is -2.26. The van der Waals surface area contributed by atoms with Crippen molar-refractivity contribution in [1.29, 1.82) is 0 Å². The molecule has 2 heterocycles. The van der Waals surface area contributed by atoms with Gasteiger partial charge in [0, 0.05) is 16.8 Å². The zero-order chi connectivity index (χ0) is 15.5. The van der Waals surface area contributed by atoms with Crippen LogP contribution in [0.5, 0.6) is 0 Å². The van der Waals surface area contributed by atoms with Gasteiger partial charge < -0.3 is 10.2 Å². The van der Waals surface area contributed by atoms with Gasteiger partial charge in [-0.3, -0.25) is 0 Å². The highest BCUT2D eigenvalue weighted by Gasteiger charge is 2.15. The van der Waals surface area contributed by atoms with Crippen molar-refractivity contribution in [3.63, 3.8) is 0 Å². The molecule has 0 radical (unpaired) electrons. The van der Waals surface area contributed by atoms with Gasteiger partial charge in [0.15, 0.2) is 0 Å². The number of pyridine rings is 1. The first-order valence-electron chi connectivity index (χ1n) is 7.14. The van der Waals surface area contributed by atoms with Crippen LogP contribution in [0.3, 0.4) is 0 Å². The van der Waals surface area contributed by atoms with Gasteiger partial charge in [0.1, 0.15) is 11.0 Å². The molecule has 0 unspecified atom stereocenters. The molecule has 0 saturated heterocycles. The molecule has 3 aromatic rings. The predicted octanol–water partition coefficient (Wildman–Crippen LogP) is 4.66. The second-order valence-corrected chi connectivity index (χ2v) is 6.73. The van der Waals surface area contributed by atoms with E-state index in [4.69, 9.17) is 11.6 Å². The molecule has 1 atom stereocenters. The maximum Gasteiger partial charge on any atom is 0.139 e. The van der Waals surface area contributed by atoms with Gasteiger partial charge >= 0.3 is 0 Å². The number of likely N-dealkylation sites (N-methyl/N-ethyl adjacent to an activating group) is 1. The summed E-state index contributed by atoms with van der Waals surface area (Å²) in [6.07, 6.45) is 0. The van der Waals surface area contributed by atoms with Crippen molar-refractivity contribution in [2.24, 2.45) is 0 Å². The summed E-state index contributed by atoms with van der Waals surface area (Å²) in [6, 6.07) is 14.6. The zero-order valence-electron chi connectivity index (χ0n) is 12.6. The Kier molecular flexibility index (Phi) is 4.62. The average Bonchev–Trinajstić information content (AvgIpc) is 3.01. The standard InChI is InChI=1S/C17H18ClN3S/c1-21(2)14(15-8-5-9-22-15)11-19-16-10-12-6-3-4-7-13(12)17(18)20-16/h3-10,14H,11H2,1-2H3,(H,19,20)/t14-/m0/s1. The van der Waals surface area contributed by atoms with Gasteiger partial charge in [-0.2, -0.15) is 0 Å². The first-order valence-corrected chi connectivity index (χ1v) is 8.40. The van der Waals surface area contributed by atoms with E-state index in [0.29, 0.717) is 11.2 Å². The SMILES string of the molecule is CN(C)[C@@H](CNc1cc2ccccc2c(Cl)n1)c1cccs1. The number of anilines is 1. The average molecular weight is 332 g/mol. The molecule has 0 aliphatic carbocycles. The molecule has 1 N–H and O–H groups in total. The molecule has 0 fully saturated rings. The van der Waals surface area contributed by atoms with Crippen molar-refractivity contribution in [3.05, 3.63) is 57.9 Å². The Balaban J connectivity index is 1.81. The Morgan fingerprint density at radius 3 is 2.77 bits per heavy atom. The van der Waals surface area contributed by atoms with Crippen LogP contribution in [0, 0.1) is 0 Å². The topological polar surface area (TPSA) is 28.2 Å². The van der Waals surface area contributed by atoms with Crippen molar-refractivity contribution >= 4 is 39.5 Å². The summed E-state index contributed by atoms with van der Waals surface area (Å²) in [5.41, 5.74) is 0. The number of hydrogen-bond acceptors (Lipinski definition) is 4. The number of hydrogen-bond donors (Lipinski definition) is 1. The number of rotatable bonds is 5. The molecule has 5 heteroatoms. The van der Waals surface area contributed by atoms with E-state index in [1.807, 2.05) is 24.3 Å². The smallest absolute Gasteiger partial charge is 0.139 e. The van der Waals surface area contributed by atoms with E-state index in [-0.39, 0.29) is 0 Å². The number of halogens is 1. The molecule has 2 aromatic heterocycles. The Bertz CT molecular complexity index is 756. The minimum absolute atomic E-state index is 0.312. The minimum atomic E-state index is 0.312. The quantitative estimate of drug-likeness (QED) is 0.689.